The molecule has 1 amide bonds. The van der Waals surface area contributed by atoms with Gasteiger partial charge in [-0.05, 0) is 30.4 Å². The predicted octanol–water partition coefficient (Wildman–Crippen LogP) is 5.66. The maximum Gasteiger partial charge on any atom is 0.410 e. The number of alkyl halides is 3. The van der Waals surface area contributed by atoms with Gasteiger partial charge in [0.25, 0.3) is 5.91 Å². The van der Waals surface area contributed by atoms with E-state index in [1.54, 1.807) is 12.1 Å². The lowest BCUT2D eigenvalue weighted by Gasteiger charge is -2.32. The van der Waals surface area contributed by atoms with Crippen LogP contribution in [0, 0.1) is 18.3 Å². The van der Waals surface area contributed by atoms with Crippen molar-refractivity contribution in [3.8, 4) is 6.07 Å². The SMILES string of the molecule is CCc1c(C)sc(NC(=O)c2cc3n(n2)[C@@H](C(F)(F)F)C[C@H](c2cccs2)N3)c1C#N. The van der Waals surface area contributed by atoms with Crippen molar-refractivity contribution < 1.29 is 18.0 Å². The summed E-state index contributed by atoms with van der Waals surface area (Å²) in [6.07, 6.45) is -4.09. The maximum absolute atomic E-state index is 13.8. The Labute approximate surface area is 184 Å². The smallest absolute Gasteiger partial charge is 0.363 e. The van der Waals surface area contributed by atoms with Crippen molar-refractivity contribution in [3.63, 3.8) is 0 Å². The van der Waals surface area contributed by atoms with E-state index >= 15 is 0 Å². The maximum atomic E-state index is 13.8. The summed E-state index contributed by atoms with van der Waals surface area (Å²) in [5, 5.41) is 21.3. The van der Waals surface area contributed by atoms with Gasteiger partial charge in [0, 0.05) is 22.2 Å². The molecular weight excluding hydrogens is 447 g/mol. The third-order valence-electron chi connectivity index (χ3n) is 5.21. The zero-order valence-electron chi connectivity index (χ0n) is 16.6. The molecule has 2 atom stereocenters. The van der Waals surface area contributed by atoms with Gasteiger partial charge in [-0.2, -0.15) is 23.5 Å². The fourth-order valence-corrected chi connectivity index (χ4v) is 5.62. The van der Waals surface area contributed by atoms with Gasteiger partial charge < -0.3 is 10.6 Å². The molecule has 11 heteroatoms. The van der Waals surface area contributed by atoms with Crippen molar-refractivity contribution in [2.75, 3.05) is 10.6 Å². The molecule has 1 aliphatic heterocycles. The highest BCUT2D eigenvalue weighted by Gasteiger charge is 2.47. The number of carbonyl (C=O) groups excluding carboxylic acids is 1. The molecule has 4 rings (SSSR count). The number of halogens is 3. The summed E-state index contributed by atoms with van der Waals surface area (Å²) in [7, 11) is 0. The van der Waals surface area contributed by atoms with Crippen LogP contribution in [0.1, 0.15) is 56.8 Å². The molecular formula is C20H18F3N5OS2. The van der Waals surface area contributed by atoms with Crippen LogP contribution < -0.4 is 10.6 Å². The molecule has 3 aromatic rings. The average molecular weight is 466 g/mol. The van der Waals surface area contributed by atoms with E-state index in [1.807, 2.05) is 19.2 Å². The average Bonchev–Trinajstić information content (AvgIpc) is 3.44. The summed E-state index contributed by atoms with van der Waals surface area (Å²) in [5.41, 5.74) is 1.09. The van der Waals surface area contributed by atoms with Crippen LogP contribution in [0.25, 0.3) is 0 Å². The van der Waals surface area contributed by atoms with Crippen LogP contribution in [0.4, 0.5) is 24.0 Å². The molecule has 0 bridgehead atoms. The fraction of sp³-hybridized carbons (Fsp3) is 0.350. The van der Waals surface area contributed by atoms with Gasteiger partial charge in [-0.3, -0.25) is 4.79 Å². The third-order valence-corrected chi connectivity index (χ3v) is 7.26. The first kappa shape index (κ1) is 21.4. The number of thiophene rings is 2. The minimum atomic E-state index is -4.51. The van der Waals surface area contributed by atoms with E-state index in [4.69, 9.17) is 0 Å². The molecule has 2 N–H and O–H groups in total. The van der Waals surface area contributed by atoms with Gasteiger partial charge in [0.2, 0.25) is 0 Å². The summed E-state index contributed by atoms with van der Waals surface area (Å²) >= 11 is 2.64. The van der Waals surface area contributed by atoms with E-state index in [0.29, 0.717) is 17.0 Å². The minimum Gasteiger partial charge on any atom is -0.363 e. The van der Waals surface area contributed by atoms with Crippen molar-refractivity contribution in [2.45, 2.75) is 44.9 Å². The Morgan fingerprint density at radius 2 is 2.26 bits per heavy atom. The van der Waals surface area contributed by atoms with Gasteiger partial charge in [-0.25, -0.2) is 4.68 Å². The summed E-state index contributed by atoms with van der Waals surface area (Å²) in [4.78, 5) is 14.5. The Morgan fingerprint density at radius 1 is 1.48 bits per heavy atom. The van der Waals surface area contributed by atoms with Gasteiger partial charge in [0.05, 0.1) is 11.6 Å². The predicted molar refractivity (Wildman–Crippen MR) is 114 cm³/mol. The van der Waals surface area contributed by atoms with E-state index in [-0.39, 0.29) is 17.9 Å². The highest BCUT2D eigenvalue weighted by atomic mass is 32.1. The molecule has 6 nitrogen and oxygen atoms in total. The Hall–Kier alpha value is -2.84. The largest absolute Gasteiger partial charge is 0.410 e. The first-order valence-corrected chi connectivity index (χ1v) is 11.2. The van der Waals surface area contributed by atoms with Crippen LogP contribution in [0.15, 0.2) is 23.6 Å². The molecule has 31 heavy (non-hydrogen) atoms. The molecule has 1 aliphatic rings. The second kappa shape index (κ2) is 8.01. The van der Waals surface area contributed by atoms with Crippen molar-refractivity contribution in [2.24, 2.45) is 0 Å². The summed E-state index contributed by atoms with van der Waals surface area (Å²) < 4.78 is 42.1. The molecule has 0 aromatic carbocycles. The molecule has 0 aliphatic carbocycles. The minimum absolute atomic E-state index is 0.134. The highest BCUT2D eigenvalue weighted by molar-refractivity contribution is 7.16. The second-order valence-electron chi connectivity index (χ2n) is 7.13. The molecule has 4 heterocycles. The summed E-state index contributed by atoms with van der Waals surface area (Å²) in [6.45, 7) is 3.77. The number of anilines is 2. The fourth-order valence-electron chi connectivity index (χ4n) is 3.74. The number of rotatable bonds is 4. The van der Waals surface area contributed by atoms with Crippen LogP contribution in [0.2, 0.25) is 0 Å². The van der Waals surface area contributed by atoms with Crippen molar-refractivity contribution >= 4 is 39.4 Å². The molecule has 0 saturated heterocycles. The van der Waals surface area contributed by atoms with E-state index in [2.05, 4.69) is 21.8 Å². The van der Waals surface area contributed by atoms with Gasteiger partial charge in [-0.1, -0.05) is 13.0 Å². The topological polar surface area (TPSA) is 82.7 Å². The molecule has 0 fully saturated rings. The number of aromatic nitrogens is 2. The van der Waals surface area contributed by atoms with Crippen molar-refractivity contribution in [3.05, 3.63) is 50.2 Å². The van der Waals surface area contributed by atoms with Crippen LogP contribution >= 0.6 is 22.7 Å². The molecule has 3 aromatic heterocycles. The first-order valence-electron chi connectivity index (χ1n) is 9.52. The lowest BCUT2D eigenvalue weighted by molar-refractivity contribution is -0.173. The zero-order valence-corrected chi connectivity index (χ0v) is 18.2. The molecule has 0 unspecified atom stereocenters. The van der Waals surface area contributed by atoms with Crippen LogP contribution in [0.3, 0.4) is 0 Å². The van der Waals surface area contributed by atoms with Gasteiger partial charge in [0.15, 0.2) is 11.7 Å². The number of hydrogen-bond donors (Lipinski definition) is 2. The second-order valence-corrected chi connectivity index (χ2v) is 9.33. The number of hydrogen-bond acceptors (Lipinski definition) is 6. The van der Waals surface area contributed by atoms with Crippen LogP contribution in [0.5, 0.6) is 0 Å². The highest BCUT2D eigenvalue weighted by Crippen LogP contribution is 2.44. The summed E-state index contributed by atoms with van der Waals surface area (Å²) in [6, 6.07) is 4.62. The molecule has 0 saturated carbocycles. The van der Waals surface area contributed by atoms with E-state index in [1.165, 1.54) is 28.7 Å². The number of nitriles is 1. The number of amides is 1. The van der Waals surface area contributed by atoms with E-state index in [0.717, 1.165) is 20.0 Å². The number of carbonyl (C=O) groups is 1. The summed E-state index contributed by atoms with van der Waals surface area (Å²) in [5.74, 6) is -0.521. The Morgan fingerprint density at radius 3 is 2.87 bits per heavy atom. The monoisotopic (exact) mass is 465 g/mol. The Kier molecular flexibility index (Phi) is 5.53. The van der Waals surface area contributed by atoms with Gasteiger partial charge in [0.1, 0.15) is 16.9 Å². The Balaban J connectivity index is 1.65. The number of nitrogens with one attached hydrogen (secondary N) is 2. The number of fused-ring (bicyclic) bond motifs is 1. The Bertz CT molecular complexity index is 1160. The zero-order chi connectivity index (χ0) is 22.3. The van der Waals surface area contributed by atoms with Gasteiger partial charge >= 0.3 is 6.18 Å². The quantitative estimate of drug-likeness (QED) is 0.521. The first-order chi connectivity index (χ1) is 14.7. The third kappa shape index (κ3) is 3.93. The number of aryl methyl sites for hydroxylation is 1. The standard InChI is InChI=1S/C20H18F3N5OS2/c1-3-11-10(2)31-19(12(11)9-24)26-18(29)14-8-17-25-13(15-5-4-6-30-15)7-16(20(21,22)23)28(17)27-14/h4-6,8,13,16,25H,3,7H2,1-2H3,(H,26,29)/t13-,16-/m1/s1. The van der Waals surface area contributed by atoms with Crippen LogP contribution in [-0.4, -0.2) is 21.9 Å². The van der Waals surface area contributed by atoms with Crippen LogP contribution in [-0.2, 0) is 6.42 Å². The molecule has 0 radical (unpaired) electrons. The van der Waals surface area contributed by atoms with Crippen molar-refractivity contribution in [1.29, 1.82) is 5.26 Å². The lowest BCUT2D eigenvalue weighted by atomic mass is 10.0. The van der Waals surface area contributed by atoms with E-state index < -0.39 is 24.2 Å². The van der Waals surface area contributed by atoms with Gasteiger partial charge in [-0.15, -0.1) is 22.7 Å². The molecule has 0 spiro atoms. The molecule has 162 valence electrons. The lowest BCUT2D eigenvalue weighted by Crippen LogP contribution is -2.35. The normalized spacial score (nSPS) is 18.2. The van der Waals surface area contributed by atoms with Crippen molar-refractivity contribution in [1.82, 2.24) is 9.78 Å². The van der Waals surface area contributed by atoms with E-state index in [9.17, 15) is 23.2 Å². The number of nitrogens with zero attached hydrogens (tertiary/aromatic N) is 3.